The van der Waals surface area contributed by atoms with Crippen LogP contribution in [0, 0.1) is 5.41 Å². The lowest BCUT2D eigenvalue weighted by Crippen LogP contribution is -2.61. The topological polar surface area (TPSA) is 24.5 Å². The van der Waals surface area contributed by atoms with Crippen molar-refractivity contribution in [3.63, 3.8) is 0 Å². The van der Waals surface area contributed by atoms with E-state index in [-0.39, 0.29) is 0 Å². The van der Waals surface area contributed by atoms with Crippen LogP contribution in [-0.2, 0) is 4.74 Å². The van der Waals surface area contributed by atoms with Gasteiger partial charge in [0.2, 0.25) is 0 Å². The Balaban J connectivity index is 1.44. The quantitative estimate of drug-likeness (QED) is 0.731. The van der Waals surface area contributed by atoms with Crippen LogP contribution >= 0.6 is 0 Å². The minimum absolute atomic E-state index is 0.545. The van der Waals surface area contributed by atoms with E-state index in [2.05, 4.69) is 10.2 Å². The van der Waals surface area contributed by atoms with Crippen LogP contribution in [-0.4, -0.2) is 50.3 Å². The fraction of sp³-hybridized carbons (Fsp3) is 1.00. The fourth-order valence-corrected chi connectivity index (χ4v) is 3.38. The van der Waals surface area contributed by atoms with Crippen LogP contribution in [0.25, 0.3) is 0 Å². The lowest BCUT2D eigenvalue weighted by molar-refractivity contribution is -0.0491. The standard InChI is InChI=1S/C12H22N2O/c1-2-11(15-7-1)8-14-9-12(10-14)3-5-13-6-4-12/h11,13H,1-10H2. The summed E-state index contributed by atoms with van der Waals surface area (Å²) in [6, 6.07) is 0. The van der Waals surface area contributed by atoms with Crippen molar-refractivity contribution < 1.29 is 4.74 Å². The van der Waals surface area contributed by atoms with Gasteiger partial charge in [-0.1, -0.05) is 0 Å². The molecule has 0 aromatic carbocycles. The van der Waals surface area contributed by atoms with Crippen molar-refractivity contribution in [1.82, 2.24) is 10.2 Å². The molecule has 0 saturated carbocycles. The highest BCUT2D eigenvalue weighted by atomic mass is 16.5. The molecule has 3 saturated heterocycles. The third kappa shape index (κ3) is 2.05. The van der Waals surface area contributed by atoms with Crippen LogP contribution in [0.1, 0.15) is 25.7 Å². The first-order valence-electron chi connectivity index (χ1n) is 6.41. The molecule has 86 valence electrons. The molecule has 0 bridgehead atoms. The molecular formula is C12H22N2O. The minimum atomic E-state index is 0.545. The van der Waals surface area contributed by atoms with E-state index in [1.807, 2.05) is 0 Å². The number of ether oxygens (including phenoxy) is 1. The second kappa shape index (κ2) is 4.04. The van der Waals surface area contributed by atoms with Crippen LogP contribution < -0.4 is 5.32 Å². The molecule has 3 heteroatoms. The van der Waals surface area contributed by atoms with Gasteiger partial charge in [-0.05, 0) is 44.2 Å². The Bertz CT molecular complexity index is 212. The molecule has 3 nitrogen and oxygen atoms in total. The maximum Gasteiger partial charge on any atom is 0.0702 e. The Morgan fingerprint density at radius 1 is 1.27 bits per heavy atom. The van der Waals surface area contributed by atoms with Gasteiger partial charge in [0.1, 0.15) is 0 Å². The highest BCUT2D eigenvalue weighted by molar-refractivity contribution is 4.98. The molecular weight excluding hydrogens is 188 g/mol. The number of likely N-dealkylation sites (tertiary alicyclic amines) is 1. The highest BCUT2D eigenvalue weighted by Gasteiger charge is 2.43. The maximum atomic E-state index is 5.68. The van der Waals surface area contributed by atoms with Gasteiger partial charge in [0.15, 0.2) is 0 Å². The number of piperidine rings is 1. The van der Waals surface area contributed by atoms with E-state index in [1.54, 1.807) is 0 Å². The monoisotopic (exact) mass is 210 g/mol. The van der Waals surface area contributed by atoms with E-state index in [0.717, 1.165) is 6.61 Å². The van der Waals surface area contributed by atoms with Crippen LogP contribution in [0.5, 0.6) is 0 Å². The predicted molar refractivity (Wildman–Crippen MR) is 60.0 cm³/mol. The Kier molecular flexibility index (Phi) is 2.71. The first-order chi connectivity index (χ1) is 7.36. The van der Waals surface area contributed by atoms with Crippen LogP contribution in [0.4, 0.5) is 0 Å². The highest BCUT2D eigenvalue weighted by Crippen LogP contribution is 2.38. The first-order valence-corrected chi connectivity index (χ1v) is 6.41. The molecule has 1 unspecified atom stereocenters. The van der Waals surface area contributed by atoms with Gasteiger partial charge in [-0.2, -0.15) is 0 Å². The Morgan fingerprint density at radius 3 is 2.73 bits per heavy atom. The summed E-state index contributed by atoms with van der Waals surface area (Å²) < 4.78 is 5.68. The van der Waals surface area contributed by atoms with Crippen molar-refractivity contribution in [2.75, 3.05) is 39.3 Å². The number of nitrogens with zero attached hydrogens (tertiary/aromatic N) is 1. The lowest BCUT2D eigenvalue weighted by Gasteiger charge is -2.53. The summed E-state index contributed by atoms with van der Waals surface area (Å²) >= 11 is 0. The molecule has 1 atom stereocenters. The van der Waals surface area contributed by atoms with Gasteiger partial charge in [-0.25, -0.2) is 0 Å². The summed E-state index contributed by atoms with van der Waals surface area (Å²) in [6.07, 6.45) is 5.87. The van der Waals surface area contributed by atoms with Crippen molar-refractivity contribution in [3.05, 3.63) is 0 Å². The van der Waals surface area contributed by atoms with E-state index >= 15 is 0 Å². The van der Waals surface area contributed by atoms with Gasteiger partial charge < -0.3 is 10.1 Å². The van der Waals surface area contributed by atoms with Crippen LogP contribution in [0.3, 0.4) is 0 Å². The molecule has 3 heterocycles. The van der Waals surface area contributed by atoms with Crippen molar-refractivity contribution in [1.29, 1.82) is 0 Å². The number of rotatable bonds is 2. The molecule has 1 N–H and O–H groups in total. The fourth-order valence-electron chi connectivity index (χ4n) is 3.38. The molecule has 15 heavy (non-hydrogen) atoms. The molecule has 3 fully saturated rings. The van der Waals surface area contributed by atoms with Crippen LogP contribution in [0.15, 0.2) is 0 Å². The van der Waals surface area contributed by atoms with Gasteiger partial charge in [0.05, 0.1) is 6.10 Å². The predicted octanol–water partition coefficient (Wildman–Crippen LogP) is 0.851. The molecule has 0 aliphatic carbocycles. The molecule has 0 aromatic heterocycles. The third-order valence-electron chi connectivity index (χ3n) is 4.27. The van der Waals surface area contributed by atoms with E-state index in [0.29, 0.717) is 11.5 Å². The Hall–Kier alpha value is -0.120. The molecule has 0 radical (unpaired) electrons. The molecule has 0 aromatic rings. The molecule has 3 aliphatic heterocycles. The van der Waals surface area contributed by atoms with Crippen molar-refractivity contribution in [3.8, 4) is 0 Å². The normalized spacial score (nSPS) is 35.6. The zero-order valence-electron chi connectivity index (χ0n) is 9.50. The van der Waals surface area contributed by atoms with E-state index < -0.39 is 0 Å². The summed E-state index contributed by atoms with van der Waals surface area (Å²) in [5.41, 5.74) is 0.684. The summed E-state index contributed by atoms with van der Waals surface area (Å²) in [5.74, 6) is 0. The molecule has 1 spiro atoms. The average molecular weight is 210 g/mol. The molecule has 0 amide bonds. The smallest absolute Gasteiger partial charge is 0.0702 e. The molecule has 3 aliphatic rings. The summed E-state index contributed by atoms with van der Waals surface area (Å²) in [4.78, 5) is 2.60. The van der Waals surface area contributed by atoms with E-state index in [4.69, 9.17) is 4.74 Å². The van der Waals surface area contributed by atoms with Crippen molar-refractivity contribution in [2.45, 2.75) is 31.8 Å². The first kappa shape index (κ1) is 10.1. The zero-order valence-corrected chi connectivity index (χ0v) is 9.50. The Morgan fingerprint density at radius 2 is 2.07 bits per heavy atom. The molecule has 3 rings (SSSR count). The van der Waals surface area contributed by atoms with Gasteiger partial charge in [0, 0.05) is 26.2 Å². The van der Waals surface area contributed by atoms with E-state index in [1.165, 1.54) is 58.4 Å². The summed E-state index contributed by atoms with van der Waals surface area (Å²) in [7, 11) is 0. The minimum Gasteiger partial charge on any atom is -0.377 e. The second-order valence-corrected chi connectivity index (χ2v) is 5.55. The number of nitrogens with one attached hydrogen (secondary N) is 1. The van der Waals surface area contributed by atoms with Gasteiger partial charge in [-0.15, -0.1) is 0 Å². The largest absolute Gasteiger partial charge is 0.377 e. The second-order valence-electron chi connectivity index (χ2n) is 5.55. The van der Waals surface area contributed by atoms with Crippen molar-refractivity contribution >= 4 is 0 Å². The lowest BCUT2D eigenvalue weighted by atomic mass is 9.72. The van der Waals surface area contributed by atoms with Crippen molar-refractivity contribution in [2.24, 2.45) is 5.41 Å². The summed E-state index contributed by atoms with van der Waals surface area (Å²) in [5, 5.41) is 3.45. The third-order valence-corrected chi connectivity index (χ3v) is 4.27. The van der Waals surface area contributed by atoms with Gasteiger partial charge in [0.25, 0.3) is 0 Å². The zero-order chi connectivity index (χ0) is 10.1. The summed E-state index contributed by atoms with van der Waals surface area (Å²) in [6.45, 7) is 7.30. The maximum absolute atomic E-state index is 5.68. The van der Waals surface area contributed by atoms with Gasteiger partial charge in [-0.3, -0.25) is 4.90 Å². The van der Waals surface area contributed by atoms with Crippen LogP contribution in [0.2, 0.25) is 0 Å². The van der Waals surface area contributed by atoms with Gasteiger partial charge >= 0.3 is 0 Å². The number of hydrogen-bond donors (Lipinski definition) is 1. The SMILES string of the molecule is C1COC(CN2CC3(CCNCC3)C2)C1. The van der Waals surface area contributed by atoms with E-state index in [9.17, 15) is 0 Å². The number of hydrogen-bond acceptors (Lipinski definition) is 3. The Labute approximate surface area is 92.2 Å². The average Bonchev–Trinajstić information content (AvgIpc) is 2.70.